The molecule has 1 heterocycles. The minimum atomic E-state index is -1.31. The van der Waals surface area contributed by atoms with E-state index in [1.165, 1.54) is 5.48 Å². The molecule has 4 N–H and O–H groups in total. The van der Waals surface area contributed by atoms with Crippen molar-refractivity contribution in [3.63, 3.8) is 0 Å². The number of hydrogen-bond acceptors (Lipinski definition) is 3. The van der Waals surface area contributed by atoms with Gasteiger partial charge in [-0.2, -0.15) is 0 Å². The Bertz CT molecular complexity index is 591. The zero-order chi connectivity index (χ0) is 13.1. The van der Waals surface area contributed by atoms with Gasteiger partial charge in [-0.25, -0.2) is 5.48 Å². The lowest BCUT2D eigenvalue weighted by Crippen LogP contribution is -2.34. The van der Waals surface area contributed by atoms with Crippen molar-refractivity contribution in [2.45, 2.75) is 6.42 Å². The summed E-state index contributed by atoms with van der Waals surface area (Å²) in [5.74, 6) is -3.51. The Balaban J connectivity index is 2.32. The number of carbonyl (C=O) groups is 2. The Morgan fingerprint density at radius 2 is 2.06 bits per heavy atom. The largest absolute Gasteiger partial charge is 0.481 e. The van der Waals surface area contributed by atoms with Gasteiger partial charge < -0.3 is 10.1 Å². The number of hydrogen-bond donors (Lipinski definition) is 4. The number of para-hydroxylation sites is 1. The Labute approximate surface area is 102 Å². The molecule has 0 aliphatic rings. The molecule has 6 heteroatoms. The van der Waals surface area contributed by atoms with Crippen LogP contribution in [0.4, 0.5) is 0 Å². The highest BCUT2D eigenvalue weighted by Crippen LogP contribution is 2.21. The minimum absolute atomic E-state index is 0.0196. The number of nitrogens with one attached hydrogen (secondary N) is 2. The topological polar surface area (TPSA) is 102 Å². The van der Waals surface area contributed by atoms with Gasteiger partial charge in [-0.3, -0.25) is 14.8 Å². The van der Waals surface area contributed by atoms with E-state index in [0.717, 1.165) is 16.5 Å². The first kappa shape index (κ1) is 12.1. The van der Waals surface area contributed by atoms with E-state index >= 15 is 0 Å². The average Bonchev–Trinajstić information content (AvgIpc) is 2.78. The van der Waals surface area contributed by atoms with Crippen LogP contribution in [0.2, 0.25) is 0 Å². The fraction of sp³-hybridized carbons (Fsp3) is 0.167. The quantitative estimate of drug-likeness (QED) is 0.367. The summed E-state index contributed by atoms with van der Waals surface area (Å²) in [6, 6.07) is 7.40. The van der Waals surface area contributed by atoms with Crippen molar-refractivity contribution in [1.82, 2.24) is 10.5 Å². The molecule has 0 bridgehead atoms. The number of hydroxylamine groups is 1. The minimum Gasteiger partial charge on any atom is -0.481 e. The highest BCUT2D eigenvalue weighted by molar-refractivity contribution is 5.97. The number of fused-ring (bicyclic) bond motifs is 1. The van der Waals surface area contributed by atoms with E-state index in [1.807, 2.05) is 24.3 Å². The first-order chi connectivity index (χ1) is 8.63. The van der Waals surface area contributed by atoms with Crippen LogP contribution in [0.25, 0.3) is 10.9 Å². The van der Waals surface area contributed by atoms with Gasteiger partial charge in [0.2, 0.25) is 0 Å². The number of carboxylic acids is 1. The van der Waals surface area contributed by atoms with Gasteiger partial charge in [0.1, 0.15) is 5.92 Å². The van der Waals surface area contributed by atoms with Crippen LogP contribution in [-0.4, -0.2) is 27.2 Å². The van der Waals surface area contributed by atoms with Crippen molar-refractivity contribution in [3.8, 4) is 0 Å². The molecule has 0 spiro atoms. The number of carboxylic acid groups (broad SMARTS) is 1. The molecule has 2 rings (SSSR count). The van der Waals surface area contributed by atoms with Gasteiger partial charge in [0.25, 0.3) is 5.91 Å². The standard InChI is InChI=1S/C12H12N2O4/c15-11(14-18)9(12(16)17)5-7-6-13-10-4-2-1-3-8(7)10/h1-4,6,9,13,18H,5H2,(H,14,15)(H,16,17)/t9-/m1/s1. The molecule has 1 atom stereocenters. The van der Waals surface area contributed by atoms with Crippen LogP contribution >= 0.6 is 0 Å². The van der Waals surface area contributed by atoms with E-state index in [-0.39, 0.29) is 6.42 Å². The molecule has 0 aliphatic heterocycles. The average molecular weight is 248 g/mol. The molecule has 1 amide bonds. The Morgan fingerprint density at radius 1 is 1.33 bits per heavy atom. The Hall–Kier alpha value is -2.34. The fourth-order valence-electron chi connectivity index (χ4n) is 1.89. The monoisotopic (exact) mass is 248 g/mol. The van der Waals surface area contributed by atoms with Gasteiger partial charge in [-0.15, -0.1) is 0 Å². The first-order valence-corrected chi connectivity index (χ1v) is 5.35. The third-order valence-corrected chi connectivity index (χ3v) is 2.82. The molecule has 1 aromatic heterocycles. The maximum Gasteiger partial charge on any atom is 0.316 e. The number of aliphatic carboxylic acids is 1. The van der Waals surface area contributed by atoms with Gasteiger partial charge >= 0.3 is 5.97 Å². The van der Waals surface area contributed by atoms with Crippen LogP contribution in [0.15, 0.2) is 30.5 Å². The molecule has 0 radical (unpaired) electrons. The predicted molar refractivity (Wildman–Crippen MR) is 63.1 cm³/mol. The van der Waals surface area contributed by atoms with Crippen LogP contribution in [0.5, 0.6) is 0 Å². The second-order valence-corrected chi connectivity index (χ2v) is 3.93. The van der Waals surface area contributed by atoms with Crippen molar-refractivity contribution in [2.24, 2.45) is 5.92 Å². The molecule has 0 saturated heterocycles. The highest BCUT2D eigenvalue weighted by atomic mass is 16.5. The van der Waals surface area contributed by atoms with E-state index < -0.39 is 17.8 Å². The summed E-state index contributed by atoms with van der Waals surface area (Å²) in [5.41, 5.74) is 2.98. The van der Waals surface area contributed by atoms with E-state index in [4.69, 9.17) is 10.3 Å². The van der Waals surface area contributed by atoms with Gasteiger partial charge in [0.15, 0.2) is 0 Å². The van der Waals surface area contributed by atoms with Crippen molar-refractivity contribution in [1.29, 1.82) is 0 Å². The van der Waals surface area contributed by atoms with Crippen molar-refractivity contribution >= 4 is 22.8 Å². The Morgan fingerprint density at radius 3 is 2.72 bits per heavy atom. The summed E-state index contributed by atoms with van der Waals surface area (Å²) in [5, 5.41) is 18.4. The first-order valence-electron chi connectivity index (χ1n) is 5.35. The number of aromatic amines is 1. The summed E-state index contributed by atoms with van der Waals surface area (Å²) >= 11 is 0. The van der Waals surface area contributed by atoms with Crippen LogP contribution in [-0.2, 0) is 16.0 Å². The van der Waals surface area contributed by atoms with E-state index in [0.29, 0.717) is 0 Å². The number of benzene rings is 1. The molecule has 2 aromatic rings. The second kappa shape index (κ2) is 4.89. The summed E-state index contributed by atoms with van der Waals surface area (Å²) in [7, 11) is 0. The molecule has 0 unspecified atom stereocenters. The third-order valence-electron chi connectivity index (χ3n) is 2.82. The molecule has 6 nitrogen and oxygen atoms in total. The van der Waals surface area contributed by atoms with E-state index in [9.17, 15) is 9.59 Å². The summed E-state index contributed by atoms with van der Waals surface area (Å²) in [6.45, 7) is 0. The van der Waals surface area contributed by atoms with Crippen LogP contribution in [0.1, 0.15) is 5.56 Å². The summed E-state index contributed by atoms with van der Waals surface area (Å²) < 4.78 is 0. The maximum atomic E-state index is 11.3. The van der Waals surface area contributed by atoms with E-state index in [2.05, 4.69) is 4.98 Å². The van der Waals surface area contributed by atoms with Crippen molar-refractivity contribution in [3.05, 3.63) is 36.0 Å². The van der Waals surface area contributed by atoms with E-state index in [1.54, 1.807) is 6.20 Å². The number of H-pyrrole nitrogens is 1. The van der Waals surface area contributed by atoms with Gasteiger partial charge in [-0.05, 0) is 18.1 Å². The van der Waals surface area contributed by atoms with Crippen molar-refractivity contribution < 1.29 is 19.9 Å². The van der Waals surface area contributed by atoms with Gasteiger partial charge in [0.05, 0.1) is 0 Å². The van der Waals surface area contributed by atoms with Gasteiger partial charge in [-0.1, -0.05) is 18.2 Å². The van der Waals surface area contributed by atoms with Crippen LogP contribution < -0.4 is 5.48 Å². The normalized spacial score (nSPS) is 12.3. The Kier molecular flexibility index (Phi) is 3.29. The predicted octanol–water partition coefficient (Wildman–Crippen LogP) is 0.917. The molecule has 1 aromatic carbocycles. The third kappa shape index (κ3) is 2.18. The smallest absolute Gasteiger partial charge is 0.316 e. The molecular formula is C12H12N2O4. The van der Waals surface area contributed by atoms with Crippen LogP contribution in [0.3, 0.4) is 0 Å². The molecule has 94 valence electrons. The lowest BCUT2D eigenvalue weighted by molar-refractivity contribution is -0.150. The second-order valence-electron chi connectivity index (χ2n) is 3.93. The summed E-state index contributed by atoms with van der Waals surface area (Å²) in [6.07, 6.45) is 1.69. The number of aromatic nitrogens is 1. The zero-order valence-corrected chi connectivity index (χ0v) is 9.38. The lowest BCUT2D eigenvalue weighted by Gasteiger charge is -2.09. The number of carbonyl (C=O) groups excluding carboxylic acids is 1. The summed E-state index contributed by atoms with van der Waals surface area (Å²) in [4.78, 5) is 25.2. The molecular weight excluding hydrogens is 236 g/mol. The molecule has 18 heavy (non-hydrogen) atoms. The number of rotatable bonds is 4. The van der Waals surface area contributed by atoms with Crippen molar-refractivity contribution in [2.75, 3.05) is 0 Å². The van der Waals surface area contributed by atoms with Gasteiger partial charge in [0, 0.05) is 17.1 Å². The fourth-order valence-corrected chi connectivity index (χ4v) is 1.89. The lowest BCUT2D eigenvalue weighted by atomic mass is 9.98. The maximum absolute atomic E-state index is 11.3. The zero-order valence-electron chi connectivity index (χ0n) is 9.38. The molecule has 0 fully saturated rings. The number of amides is 1. The molecule has 0 aliphatic carbocycles. The SMILES string of the molecule is O=C(O)[C@H](Cc1c[nH]c2ccccc12)C(=O)NO. The highest BCUT2D eigenvalue weighted by Gasteiger charge is 2.27. The van der Waals surface area contributed by atoms with Crippen LogP contribution in [0, 0.1) is 5.92 Å². The molecule has 0 saturated carbocycles.